The Balaban J connectivity index is 0. The smallest absolute Gasteiger partial charge is 0.273 e. The van der Waals surface area contributed by atoms with Gasteiger partial charge in [-0.25, -0.2) is 8.78 Å². The number of rotatable bonds is 4. The molecule has 6 heteroatoms. The largest absolute Gasteiger partial charge is 0.392 e. The Morgan fingerprint density at radius 3 is 2.18 bits per heavy atom. The van der Waals surface area contributed by atoms with Crippen molar-refractivity contribution in [1.82, 2.24) is 0 Å². The van der Waals surface area contributed by atoms with Crippen LogP contribution in [0.15, 0.2) is 0 Å². The van der Waals surface area contributed by atoms with Gasteiger partial charge < -0.3 is 15.9 Å². The first-order chi connectivity index (χ1) is 4.52. The maximum Gasteiger partial charge on any atom is 0.273 e. The summed E-state index contributed by atoms with van der Waals surface area (Å²) >= 11 is 0. The SMILES string of the molecule is Cl.NCC(O)CC(F)(F)CO. The lowest BCUT2D eigenvalue weighted by molar-refractivity contribution is -0.0799. The number of nitrogens with two attached hydrogens (primary N) is 1. The predicted molar refractivity (Wildman–Crippen MR) is 39.0 cm³/mol. The van der Waals surface area contributed by atoms with Gasteiger partial charge in [0.2, 0.25) is 0 Å². The molecule has 0 heterocycles. The third-order valence-corrected chi connectivity index (χ3v) is 1.04. The van der Waals surface area contributed by atoms with Gasteiger partial charge in [0, 0.05) is 13.0 Å². The zero-order valence-electron chi connectivity index (χ0n) is 5.83. The normalized spacial score (nSPS) is 13.9. The van der Waals surface area contributed by atoms with E-state index in [1.54, 1.807) is 0 Å². The van der Waals surface area contributed by atoms with Crippen LogP contribution in [0.3, 0.4) is 0 Å². The minimum absolute atomic E-state index is 0. The van der Waals surface area contributed by atoms with Crippen molar-refractivity contribution in [2.45, 2.75) is 18.4 Å². The zero-order valence-corrected chi connectivity index (χ0v) is 6.65. The van der Waals surface area contributed by atoms with Crippen molar-refractivity contribution in [3.8, 4) is 0 Å². The monoisotopic (exact) mass is 191 g/mol. The van der Waals surface area contributed by atoms with Gasteiger partial charge in [-0.1, -0.05) is 0 Å². The predicted octanol–water partition coefficient (Wildman–Crippen LogP) is -0.255. The molecule has 0 aromatic heterocycles. The highest BCUT2D eigenvalue weighted by molar-refractivity contribution is 5.85. The molecule has 0 spiro atoms. The Morgan fingerprint density at radius 1 is 1.45 bits per heavy atom. The third kappa shape index (κ3) is 6.43. The molecule has 0 aromatic rings. The van der Waals surface area contributed by atoms with Crippen LogP contribution in [0.5, 0.6) is 0 Å². The van der Waals surface area contributed by atoms with Gasteiger partial charge in [0.1, 0.15) is 6.61 Å². The molecule has 0 aliphatic rings. The van der Waals surface area contributed by atoms with E-state index in [9.17, 15) is 8.78 Å². The molecule has 4 N–H and O–H groups in total. The highest BCUT2D eigenvalue weighted by Crippen LogP contribution is 2.18. The highest BCUT2D eigenvalue weighted by atomic mass is 35.5. The van der Waals surface area contributed by atoms with Crippen molar-refractivity contribution in [1.29, 1.82) is 0 Å². The van der Waals surface area contributed by atoms with Gasteiger partial charge >= 0.3 is 0 Å². The molecule has 3 nitrogen and oxygen atoms in total. The van der Waals surface area contributed by atoms with Gasteiger partial charge in [-0.2, -0.15) is 0 Å². The van der Waals surface area contributed by atoms with Gasteiger partial charge in [-0.15, -0.1) is 12.4 Å². The molecule has 11 heavy (non-hydrogen) atoms. The van der Waals surface area contributed by atoms with Gasteiger partial charge in [0.25, 0.3) is 5.92 Å². The summed E-state index contributed by atoms with van der Waals surface area (Å²) in [5.41, 5.74) is 4.87. The van der Waals surface area contributed by atoms with Crippen LogP contribution in [0, 0.1) is 0 Å². The second kappa shape index (κ2) is 5.65. The first-order valence-electron chi connectivity index (χ1n) is 2.88. The molecule has 0 saturated carbocycles. The first-order valence-corrected chi connectivity index (χ1v) is 2.88. The van der Waals surface area contributed by atoms with Crippen molar-refractivity contribution in [3.63, 3.8) is 0 Å². The molecule has 0 rings (SSSR count). The molecule has 0 fully saturated rings. The maximum absolute atomic E-state index is 12.1. The second-order valence-electron chi connectivity index (χ2n) is 2.11. The van der Waals surface area contributed by atoms with E-state index in [1.165, 1.54) is 0 Å². The Bertz CT molecular complexity index is 104. The highest BCUT2D eigenvalue weighted by Gasteiger charge is 2.30. The number of alkyl halides is 2. The molecule has 0 radical (unpaired) electrons. The van der Waals surface area contributed by atoms with E-state index in [0.29, 0.717) is 0 Å². The van der Waals surface area contributed by atoms with E-state index < -0.39 is 25.1 Å². The number of halogens is 3. The number of hydrogen-bond donors (Lipinski definition) is 3. The molecule has 70 valence electrons. The molecule has 0 aliphatic heterocycles. The summed E-state index contributed by atoms with van der Waals surface area (Å²) in [6, 6.07) is 0. The van der Waals surface area contributed by atoms with Crippen LogP contribution in [0.25, 0.3) is 0 Å². The Kier molecular flexibility index (Phi) is 6.99. The third-order valence-electron chi connectivity index (χ3n) is 1.04. The van der Waals surface area contributed by atoms with Crippen molar-refractivity contribution in [2.75, 3.05) is 13.2 Å². The van der Waals surface area contributed by atoms with Crippen LogP contribution in [0.4, 0.5) is 8.78 Å². The fraction of sp³-hybridized carbons (Fsp3) is 1.00. The molecule has 0 aliphatic carbocycles. The van der Waals surface area contributed by atoms with E-state index in [2.05, 4.69) is 0 Å². The lowest BCUT2D eigenvalue weighted by Gasteiger charge is -2.15. The van der Waals surface area contributed by atoms with Crippen molar-refractivity contribution >= 4 is 12.4 Å². The van der Waals surface area contributed by atoms with E-state index in [-0.39, 0.29) is 19.0 Å². The summed E-state index contributed by atoms with van der Waals surface area (Å²) in [5.74, 6) is -3.21. The second-order valence-corrected chi connectivity index (χ2v) is 2.11. The van der Waals surface area contributed by atoms with Gasteiger partial charge in [-0.3, -0.25) is 0 Å². The summed E-state index contributed by atoms with van der Waals surface area (Å²) in [5, 5.41) is 16.6. The molecule has 0 saturated heterocycles. The van der Waals surface area contributed by atoms with E-state index in [1.807, 2.05) is 0 Å². The molecular formula is C5H12ClF2NO2. The number of aliphatic hydroxyl groups is 2. The fourth-order valence-corrected chi connectivity index (χ4v) is 0.493. The van der Waals surface area contributed by atoms with Crippen LogP contribution in [-0.2, 0) is 0 Å². The van der Waals surface area contributed by atoms with E-state index in [4.69, 9.17) is 15.9 Å². The van der Waals surface area contributed by atoms with Gasteiger partial charge in [-0.05, 0) is 0 Å². The van der Waals surface area contributed by atoms with Crippen molar-refractivity contribution in [3.05, 3.63) is 0 Å². The Morgan fingerprint density at radius 2 is 1.91 bits per heavy atom. The Labute approximate surface area is 69.6 Å². The summed E-state index contributed by atoms with van der Waals surface area (Å²) in [4.78, 5) is 0. The van der Waals surface area contributed by atoms with Crippen LogP contribution in [0.2, 0.25) is 0 Å². The number of hydrogen-bond acceptors (Lipinski definition) is 3. The van der Waals surface area contributed by atoms with Gasteiger partial charge in [0.05, 0.1) is 6.10 Å². The summed E-state index contributed by atoms with van der Waals surface area (Å²) in [7, 11) is 0. The Hall–Kier alpha value is 0.0300. The molecule has 1 atom stereocenters. The van der Waals surface area contributed by atoms with Crippen LogP contribution in [0.1, 0.15) is 6.42 Å². The first kappa shape index (κ1) is 13.6. The molecule has 1 unspecified atom stereocenters. The zero-order chi connectivity index (χ0) is 8.20. The van der Waals surface area contributed by atoms with Crippen molar-refractivity contribution in [2.24, 2.45) is 5.73 Å². The summed E-state index contributed by atoms with van der Waals surface area (Å²) < 4.78 is 24.2. The standard InChI is InChI=1S/C5H11F2NO2.ClH/c6-5(7,3-9)1-4(10)2-8;/h4,9-10H,1-3,8H2;1H. The quantitative estimate of drug-likeness (QED) is 0.574. The van der Waals surface area contributed by atoms with E-state index >= 15 is 0 Å². The van der Waals surface area contributed by atoms with Crippen LogP contribution in [-0.4, -0.2) is 35.4 Å². The average Bonchev–Trinajstić information content (AvgIpc) is 1.87. The fourth-order valence-electron chi connectivity index (χ4n) is 0.493. The van der Waals surface area contributed by atoms with Crippen molar-refractivity contribution < 1.29 is 19.0 Å². The minimum atomic E-state index is -3.21. The minimum Gasteiger partial charge on any atom is -0.392 e. The average molecular weight is 192 g/mol. The topological polar surface area (TPSA) is 66.5 Å². The lowest BCUT2D eigenvalue weighted by atomic mass is 10.1. The number of aliphatic hydroxyl groups excluding tert-OH is 2. The summed E-state index contributed by atoms with van der Waals surface area (Å²) in [6.45, 7) is -1.46. The van der Waals surface area contributed by atoms with Crippen LogP contribution >= 0.6 is 12.4 Å². The molecule has 0 amide bonds. The molecular weight excluding hydrogens is 180 g/mol. The molecule has 0 aromatic carbocycles. The molecule has 0 bridgehead atoms. The lowest BCUT2D eigenvalue weighted by Crippen LogP contribution is -2.31. The van der Waals surface area contributed by atoms with Gasteiger partial charge in [0.15, 0.2) is 0 Å². The maximum atomic E-state index is 12.1. The van der Waals surface area contributed by atoms with Crippen LogP contribution < -0.4 is 5.73 Å². The van der Waals surface area contributed by atoms with E-state index in [0.717, 1.165) is 0 Å². The summed E-state index contributed by atoms with van der Waals surface area (Å²) in [6.07, 6.45) is -2.01.